The van der Waals surface area contributed by atoms with Gasteiger partial charge in [-0.1, -0.05) is 19.1 Å². The molecule has 1 aromatic heterocycles. The van der Waals surface area contributed by atoms with Gasteiger partial charge in [0.15, 0.2) is 0 Å². The van der Waals surface area contributed by atoms with E-state index in [-0.39, 0.29) is 0 Å². The molecule has 2 rings (SSSR count). The van der Waals surface area contributed by atoms with Crippen molar-refractivity contribution in [3.63, 3.8) is 0 Å². The molecule has 0 spiro atoms. The van der Waals surface area contributed by atoms with Gasteiger partial charge in [0.05, 0.1) is 6.26 Å². The number of ether oxygens (including phenoxy) is 1. The quantitative estimate of drug-likeness (QED) is 0.849. The van der Waals surface area contributed by atoms with Gasteiger partial charge in [-0.15, -0.1) is 0 Å². The lowest BCUT2D eigenvalue weighted by Crippen LogP contribution is -2.07. The van der Waals surface area contributed by atoms with E-state index in [1.54, 1.807) is 6.26 Å². The molecule has 1 heterocycles. The summed E-state index contributed by atoms with van der Waals surface area (Å²) in [5, 5.41) is 3.11. The van der Waals surface area contributed by atoms with Gasteiger partial charge in [0.1, 0.15) is 18.1 Å². The monoisotopic (exact) mass is 245 g/mol. The topological polar surface area (TPSA) is 34.4 Å². The molecular weight excluding hydrogens is 226 g/mol. The molecule has 0 radical (unpaired) electrons. The zero-order valence-electron chi connectivity index (χ0n) is 10.9. The zero-order valence-corrected chi connectivity index (χ0v) is 10.9. The summed E-state index contributed by atoms with van der Waals surface area (Å²) in [5.74, 6) is 1.75. The van der Waals surface area contributed by atoms with Crippen molar-refractivity contribution in [3.05, 3.63) is 53.5 Å². The molecule has 0 saturated heterocycles. The van der Waals surface area contributed by atoms with Gasteiger partial charge in [0.2, 0.25) is 0 Å². The molecule has 3 nitrogen and oxygen atoms in total. The summed E-state index contributed by atoms with van der Waals surface area (Å²) >= 11 is 0. The Morgan fingerprint density at radius 1 is 1.17 bits per heavy atom. The molecule has 0 aliphatic heterocycles. The summed E-state index contributed by atoms with van der Waals surface area (Å²) in [6, 6.07) is 10.1. The lowest BCUT2D eigenvalue weighted by Gasteiger charge is -2.06. The molecule has 18 heavy (non-hydrogen) atoms. The van der Waals surface area contributed by atoms with Crippen molar-refractivity contribution < 1.29 is 9.15 Å². The number of nitrogens with one attached hydrogen (secondary N) is 1. The minimum atomic E-state index is 0.468. The minimum Gasteiger partial charge on any atom is -0.486 e. The van der Waals surface area contributed by atoms with Crippen LogP contribution in [0.1, 0.15) is 23.8 Å². The maximum Gasteiger partial charge on any atom is 0.146 e. The molecule has 0 fully saturated rings. The number of aryl methyl sites for hydroxylation is 1. The number of hydrogen-bond donors (Lipinski definition) is 1. The number of rotatable bonds is 6. The minimum absolute atomic E-state index is 0.468. The fourth-order valence-corrected chi connectivity index (χ4v) is 1.81. The van der Waals surface area contributed by atoms with Crippen LogP contribution >= 0.6 is 0 Å². The van der Waals surface area contributed by atoms with E-state index in [9.17, 15) is 0 Å². The van der Waals surface area contributed by atoms with Crippen molar-refractivity contribution in [2.45, 2.75) is 26.5 Å². The van der Waals surface area contributed by atoms with Crippen molar-refractivity contribution in [1.29, 1.82) is 0 Å². The van der Waals surface area contributed by atoms with Crippen LogP contribution in [0.5, 0.6) is 5.75 Å². The van der Waals surface area contributed by atoms with Gasteiger partial charge in [-0.2, -0.15) is 0 Å². The normalized spacial score (nSPS) is 10.6. The molecule has 3 heteroatoms. The summed E-state index contributed by atoms with van der Waals surface area (Å²) in [6.07, 6.45) is 2.75. The molecule has 0 aliphatic rings. The Hall–Kier alpha value is -1.74. The molecule has 1 N–H and O–H groups in total. The molecular formula is C15H19NO2. The van der Waals surface area contributed by atoms with E-state index in [4.69, 9.17) is 9.15 Å². The van der Waals surface area contributed by atoms with Crippen molar-refractivity contribution in [2.24, 2.45) is 0 Å². The van der Waals surface area contributed by atoms with Crippen LogP contribution in [-0.2, 0) is 19.6 Å². The SMILES string of the molecule is CCc1ccc(OCc2occc2CNC)cc1. The highest BCUT2D eigenvalue weighted by molar-refractivity contribution is 5.27. The van der Waals surface area contributed by atoms with Gasteiger partial charge in [0.25, 0.3) is 0 Å². The van der Waals surface area contributed by atoms with Crippen LogP contribution in [0.25, 0.3) is 0 Å². The highest BCUT2D eigenvalue weighted by Crippen LogP contribution is 2.17. The van der Waals surface area contributed by atoms with Crippen LogP contribution in [0.4, 0.5) is 0 Å². The average molecular weight is 245 g/mol. The van der Waals surface area contributed by atoms with Crippen molar-refractivity contribution in [2.75, 3.05) is 7.05 Å². The molecule has 1 aromatic carbocycles. The largest absolute Gasteiger partial charge is 0.486 e. The van der Waals surface area contributed by atoms with Crippen LogP contribution in [-0.4, -0.2) is 7.05 Å². The Morgan fingerprint density at radius 3 is 2.61 bits per heavy atom. The van der Waals surface area contributed by atoms with Crippen molar-refractivity contribution in [3.8, 4) is 5.75 Å². The lowest BCUT2D eigenvalue weighted by molar-refractivity contribution is 0.268. The van der Waals surface area contributed by atoms with E-state index in [1.165, 1.54) is 5.56 Å². The van der Waals surface area contributed by atoms with Gasteiger partial charge >= 0.3 is 0 Å². The van der Waals surface area contributed by atoms with E-state index in [0.717, 1.165) is 30.0 Å². The summed E-state index contributed by atoms with van der Waals surface area (Å²) in [7, 11) is 1.92. The van der Waals surface area contributed by atoms with Crippen LogP contribution in [0.15, 0.2) is 41.0 Å². The molecule has 2 aromatic rings. The summed E-state index contributed by atoms with van der Waals surface area (Å²) in [5.41, 5.74) is 2.46. The van der Waals surface area contributed by atoms with Crippen LogP contribution in [0, 0.1) is 0 Å². The summed E-state index contributed by atoms with van der Waals surface area (Å²) in [6.45, 7) is 3.40. The molecule has 0 amide bonds. The highest BCUT2D eigenvalue weighted by Gasteiger charge is 2.06. The zero-order chi connectivity index (χ0) is 12.8. The fourth-order valence-electron chi connectivity index (χ4n) is 1.81. The van der Waals surface area contributed by atoms with E-state index < -0.39 is 0 Å². The lowest BCUT2D eigenvalue weighted by atomic mass is 10.2. The third-order valence-electron chi connectivity index (χ3n) is 2.91. The third kappa shape index (κ3) is 3.14. The first-order valence-electron chi connectivity index (χ1n) is 6.25. The van der Waals surface area contributed by atoms with Crippen molar-refractivity contribution >= 4 is 0 Å². The average Bonchev–Trinajstić information content (AvgIpc) is 2.85. The second-order valence-corrected chi connectivity index (χ2v) is 4.19. The predicted molar refractivity (Wildman–Crippen MR) is 71.6 cm³/mol. The van der Waals surface area contributed by atoms with Gasteiger partial charge < -0.3 is 14.5 Å². The smallest absolute Gasteiger partial charge is 0.146 e. The number of benzene rings is 1. The highest BCUT2D eigenvalue weighted by atomic mass is 16.5. The first kappa shape index (κ1) is 12.7. The predicted octanol–water partition coefficient (Wildman–Crippen LogP) is 3.14. The molecule has 0 bridgehead atoms. The summed E-state index contributed by atoms with van der Waals surface area (Å²) < 4.78 is 11.1. The summed E-state index contributed by atoms with van der Waals surface area (Å²) in [4.78, 5) is 0. The Morgan fingerprint density at radius 2 is 1.94 bits per heavy atom. The maximum atomic E-state index is 5.72. The first-order valence-corrected chi connectivity index (χ1v) is 6.25. The molecule has 0 unspecified atom stereocenters. The third-order valence-corrected chi connectivity index (χ3v) is 2.91. The molecule has 0 atom stereocenters. The second kappa shape index (κ2) is 6.26. The van der Waals surface area contributed by atoms with E-state index in [0.29, 0.717) is 6.61 Å². The Kier molecular flexibility index (Phi) is 4.42. The van der Waals surface area contributed by atoms with Gasteiger partial charge in [-0.05, 0) is 37.2 Å². The van der Waals surface area contributed by atoms with E-state index >= 15 is 0 Å². The van der Waals surface area contributed by atoms with E-state index in [1.807, 2.05) is 25.2 Å². The van der Waals surface area contributed by atoms with Gasteiger partial charge in [-0.25, -0.2) is 0 Å². The molecule has 0 aliphatic carbocycles. The molecule has 96 valence electrons. The van der Waals surface area contributed by atoms with Crippen LogP contribution in [0.3, 0.4) is 0 Å². The fraction of sp³-hybridized carbons (Fsp3) is 0.333. The van der Waals surface area contributed by atoms with Gasteiger partial charge in [-0.3, -0.25) is 0 Å². The van der Waals surface area contributed by atoms with Crippen LogP contribution in [0.2, 0.25) is 0 Å². The Bertz CT molecular complexity index is 473. The van der Waals surface area contributed by atoms with E-state index in [2.05, 4.69) is 24.4 Å². The van der Waals surface area contributed by atoms with Gasteiger partial charge in [0, 0.05) is 12.1 Å². The molecule has 0 saturated carbocycles. The number of furan rings is 1. The second-order valence-electron chi connectivity index (χ2n) is 4.19. The Labute approximate surface area is 108 Å². The first-order chi connectivity index (χ1) is 8.83. The standard InChI is InChI=1S/C15H19NO2/c1-3-12-4-6-14(7-5-12)18-11-15-13(10-16-2)8-9-17-15/h4-9,16H,3,10-11H2,1-2H3. The number of hydrogen-bond acceptors (Lipinski definition) is 3. The Balaban J connectivity index is 1.95. The van der Waals surface area contributed by atoms with Crippen LogP contribution < -0.4 is 10.1 Å². The van der Waals surface area contributed by atoms with Crippen molar-refractivity contribution in [1.82, 2.24) is 5.32 Å². The maximum absolute atomic E-state index is 5.72.